The fourth-order valence-electron chi connectivity index (χ4n) is 4.94. The first-order valence-corrected chi connectivity index (χ1v) is 11.2. The Bertz CT molecular complexity index is 1150. The van der Waals surface area contributed by atoms with Crippen molar-refractivity contribution in [3.05, 3.63) is 107 Å². The summed E-state index contributed by atoms with van der Waals surface area (Å²) in [6.45, 7) is -0.329. The second-order valence-corrected chi connectivity index (χ2v) is 8.51. The van der Waals surface area contributed by atoms with E-state index in [0.29, 0.717) is 11.1 Å². The number of benzene rings is 3. The summed E-state index contributed by atoms with van der Waals surface area (Å²) in [6.07, 6.45) is 2.81. The van der Waals surface area contributed by atoms with Gasteiger partial charge < -0.3 is 10.6 Å². The van der Waals surface area contributed by atoms with Gasteiger partial charge in [0, 0.05) is 0 Å². The minimum atomic E-state index is -1.36. The average molecular weight is 440 g/mol. The summed E-state index contributed by atoms with van der Waals surface area (Å²) >= 11 is 0. The van der Waals surface area contributed by atoms with Gasteiger partial charge in [-0.25, -0.2) is 4.79 Å². The smallest absolute Gasteiger partial charge is 0.326 e. The van der Waals surface area contributed by atoms with E-state index in [1.807, 2.05) is 78.9 Å². The number of hydrogen-bond acceptors (Lipinski definition) is 3. The Morgan fingerprint density at radius 1 is 0.909 bits per heavy atom. The molecule has 3 aromatic rings. The summed E-state index contributed by atoms with van der Waals surface area (Å²) in [5, 5.41) is 5.92. The molecule has 0 aromatic heterocycles. The van der Waals surface area contributed by atoms with E-state index in [4.69, 9.17) is 0 Å². The molecule has 3 aromatic carbocycles. The summed E-state index contributed by atoms with van der Waals surface area (Å²) in [5.41, 5.74) is 2.28. The van der Waals surface area contributed by atoms with Crippen LogP contribution >= 0.6 is 0 Å². The summed E-state index contributed by atoms with van der Waals surface area (Å²) in [7, 11) is 0. The molecule has 0 unspecified atom stereocenters. The van der Waals surface area contributed by atoms with Gasteiger partial charge >= 0.3 is 6.03 Å². The van der Waals surface area contributed by atoms with Crippen molar-refractivity contribution in [3.8, 4) is 0 Å². The molecule has 1 aliphatic heterocycles. The monoisotopic (exact) mass is 439 g/mol. The number of nitrogens with zero attached hydrogens (tertiary/aromatic N) is 1. The Labute approximate surface area is 192 Å². The van der Waals surface area contributed by atoms with Gasteiger partial charge in [-0.15, -0.1) is 0 Å². The highest BCUT2D eigenvalue weighted by Crippen LogP contribution is 2.36. The lowest BCUT2D eigenvalue weighted by molar-refractivity contribution is -0.134. The van der Waals surface area contributed by atoms with Crippen molar-refractivity contribution < 1.29 is 14.4 Å². The number of urea groups is 1. The second-order valence-electron chi connectivity index (χ2n) is 8.51. The molecule has 0 spiro atoms. The number of aryl methyl sites for hydroxylation is 1. The zero-order valence-electron chi connectivity index (χ0n) is 18.2. The molecule has 33 heavy (non-hydrogen) atoms. The first-order chi connectivity index (χ1) is 16.1. The molecule has 1 heterocycles. The number of nitrogens with one attached hydrogen (secondary N) is 2. The molecule has 6 heteroatoms. The molecule has 5 rings (SSSR count). The van der Waals surface area contributed by atoms with E-state index in [-0.39, 0.29) is 18.5 Å². The van der Waals surface area contributed by atoms with E-state index in [2.05, 4.69) is 16.7 Å². The molecule has 1 saturated heterocycles. The van der Waals surface area contributed by atoms with Gasteiger partial charge in [0.2, 0.25) is 5.91 Å². The minimum absolute atomic E-state index is 0.115. The van der Waals surface area contributed by atoms with Gasteiger partial charge in [0.15, 0.2) is 5.54 Å². The van der Waals surface area contributed by atoms with Crippen LogP contribution in [0.3, 0.4) is 0 Å². The maximum Gasteiger partial charge on any atom is 0.326 e. The van der Waals surface area contributed by atoms with E-state index in [1.54, 1.807) is 0 Å². The largest absolute Gasteiger partial charge is 0.348 e. The van der Waals surface area contributed by atoms with Crippen LogP contribution in [0.25, 0.3) is 0 Å². The highest BCUT2D eigenvalue weighted by Gasteiger charge is 2.54. The standard InChI is InChI=1S/C27H25N3O3/c31-24(28-23-17-9-11-19-10-7-8-16-22(19)23)18-30-25(32)27(29-26(30)33,20-12-3-1-4-13-20)21-14-5-2-6-15-21/h1-8,10,12-16,23H,9,11,17-18H2,(H,28,31)(H,29,33)/t23-/m0/s1. The summed E-state index contributed by atoms with van der Waals surface area (Å²) in [5.74, 6) is -0.804. The molecule has 0 saturated carbocycles. The number of carbonyl (C=O) groups excluding carboxylic acids is 3. The molecule has 1 atom stereocenters. The van der Waals surface area contributed by atoms with Crippen LogP contribution in [0.4, 0.5) is 4.79 Å². The van der Waals surface area contributed by atoms with Crippen LogP contribution < -0.4 is 10.6 Å². The summed E-state index contributed by atoms with van der Waals surface area (Å²) in [6, 6.07) is 25.7. The number of imide groups is 1. The first-order valence-electron chi connectivity index (χ1n) is 11.2. The summed E-state index contributed by atoms with van der Waals surface area (Å²) < 4.78 is 0. The van der Waals surface area contributed by atoms with Crippen molar-refractivity contribution in [1.82, 2.24) is 15.5 Å². The molecule has 0 radical (unpaired) electrons. The quantitative estimate of drug-likeness (QED) is 0.596. The van der Waals surface area contributed by atoms with E-state index >= 15 is 0 Å². The highest BCUT2D eigenvalue weighted by atomic mass is 16.2. The third-order valence-corrected chi connectivity index (χ3v) is 6.53. The molecule has 0 bridgehead atoms. The Balaban J connectivity index is 1.41. The average Bonchev–Trinajstić information content (AvgIpc) is 3.11. The maximum absolute atomic E-state index is 13.7. The van der Waals surface area contributed by atoms with Crippen LogP contribution in [-0.4, -0.2) is 29.3 Å². The maximum atomic E-state index is 13.7. The predicted molar refractivity (Wildman–Crippen MR) is 124 cm³/mol. The van der Waals surface area contributed by atoms with Gasteiger partial charge in [-0.2, -0.15) is 0 Å². The highest BCUT2D eigenvalue weighted by molar-refractivity contribution is 6.11. The first kappa shape index (κ1) is 20.9. The van der Waals surface area contributed by atoms with Crippen molar-refractivity contribution in [2.45, 2.75) is 30.8 Å². The Hall–Kier alpha value is -3.93. The van der Waals surface area contributed by atoms with E-state index < -0.39 is 17.5 Å². The Morgan fingerprint density at radius 2 is 1.52 bits per heavy atom. The van der Waals surface area contributed by atoms with Gasteiger partial charge in [-0.1, -0.05) is 84.9 Å². The van der Waals surface area contributed by atoms with Crippen LogP contribution in [0, 0.1) is 0 Å². The lowest BCUT2D eigenvalue weighted by Crippen LogP contribution is -2.46. The third-order valence-electron chi connectivity index (χ3n) is 6.53. The van der Waals surface area contributed by atoms with E-state index in [0.717, 1.165) is 29.7 Å². The lowest BCUT2D eigenvalue weighted by atomic mass is 9.82. The van der Waals surface area contributed by atoms with Gasteiger partial charge in [0.1, 0.15) is 6.54 Å². The van der Waals surface area contributed by atoms with Crippen molar-refractivity contribution in [1.29, 1.82) is 0 Å². The van der Waals surface area contributed by atoms with Crippen LogP contribution in [-0.2, 0) is 21.5 Å². The van der Waals surface area contributed by atoms with Crippen molar-refractivity contribution in [2.24, 2.45) is 0 Å². The molecule has 2 aliphatic rings. The third kappa shape index (κ3) is 3.67. The van der Waals surface area contributed by atoms with Gasteiger partial charge in [-0.05, 0) is 41.5 Å². The second kappa shape index (κ2) is 8.54. The van der Waals surface area contributed by atoms with Gasteiger partial charge in [0.05, 0.1) is 6.04 Å². The number of carbonyl (C=O) groups is 3. The molecule has 2 N–H and O–H groups in total. The lowest BCUT2D eigenvalue weighted by Gasteiger charge is -2.28. The van der Waals surface area contributed by atoms with E-state index in [1.165, 1.54) is 5.56 Å². The fraction of sp³-hybridized carbons (Fsp3) is 0.222. The van der Waals surface area contributed by atoms with Crippen LogP contribution in [0.5, 0.6) is 0 Å². The molecular weight excluding hydrogens is 414 g/mol. The van der Waals surface area contributed by atoms with Crippen molar-refractivity contribution in [3.63, 3.8) is 0 Å². The SMILES string of the molecule is O=C(CN1C(=O)NC(c2ccccc2)(c2ccccc2)C1=O)N[C@H]1CCCc2ccccc21. The topological polar surface area (TPSA) is 78.5 Å². The Morgan fingerprint density at radius 3 is 2.18 bits per heavy atom. The molecule has 4 amide bonds. The zero-order chi connectivity index (χ0) is 22.8. The van der Waals surface area contributed by atoms with Gasteiger partial charge in [-0.3, -0.25) is 14.5 Å². The predicted octanol–water partition coefficient (Wildman–Crippen LogP) is 3.68. The minimum Gasteiger partial charge on any atom is -0.348 e. The zero-order valence-corrected chi connectivity index (χ0v) is 18.2. The van der Waals surface area contributed by atoms with Gasteiger partial charge in [0.25, 0.3) is 5.91 Å². The Kier molecular flexibility index (Phi) is 5.42. The van der Waals surface area contributed by atoms with Crippen molar-refractivity contribution in [2.75, 3.05) is 6.54 Å². The van der Waals surface area contributed by atoms with Crippen molar-refractivity contribution >= 4 is 17.8 Å². The number of rotatable bonds is 5. The molecular formula is C27H25N3O3. The molecule has 1 fully saturated rings. The van der Waals surface area contributed by atoms with Crippen LogP contribution in [0.15, 0.2) is 84.9 Å². The normalized spacial score (nSPS) is 19.0. The molecule has 6 nitrogen and oxygen atoms in total. The number of fused-ring (bicyclic) bond motifs is 1. The summed E-state index contributed by atoms with van der Waals surface area (Å²) in [4.78, 5) is 40.7. The number of amides is 4. The van der Waals surface area contributed by atoms with Crippen LogP contribution in [0.2, 0.25) is 0 Å². The van der Waals surface area contributed by atoms with E-state index in [9.17, 15) is 14.4 Å². The fourth-order valence-corrected chi connectivity index (χ4v) is 4.94. The number of hydrogen-bond donors (Lipinski definition) is 2. The molecule has 166 valence electrons. The van der Waals surface area contributed by atoms with Crippen LogP contribution in [0.1, 0.15) is 41.1 Å². The molecule has 1 aliphatic carbocycles.